The standard InChI is InChI=1S/C22H22N4O2S3/c1-13-7-8-16-14(9-13)10-18(30-16)21-24-25-22(28-21)29-12-20(27)26(2)11-19-23-15-5-3-4-6-17(15)31-19/h3-6,10,13H,7-9,11-12H2,1-2H3/t13-/m1/s1. The van der Waals surface area contributed by atoms with Gasteiger partial charge in [-0.25, -0.2) is 4.98 Å². The van der Waals surface area contributed by atoms with Crippen molar-refractivity contribution < 1.29 is 9.21 Å². The number of hydrogen-bond acceptors (Lipinski definition) is 8. The van der Waals surface area contributed by atoms with Crippen LogP contribution in [0, 0.1) is 5.92 Å². The van der Waals surface area contributed by atoms with Crippen molar-refractivity contribution in [3.8, 4) is 10.8 Å². The predicted molar refractivity (Wildman–Crippen MR) is 126 cm³/mol. The molecule has 6 nitrogen and oxygen atoms in total. The lowest BCUT2D eigenvalue weighted by molar-refractivity contribution is -0.127. The third kappa shape index (κ3) is 4.53. The lowest BCUT2D eigenvalue weighted by Crippen LogP contribution is -2.27. The maximum absolute atomic E-state index is 12.6. The first-order valence-corrected chi connectivity index (χ1v) is 12.8. The molecule has 0 bridgehead atoms. The minimum atomic E-state index is 0.00424. The summed E-state index contributed by atoms with van der Waals surface area (Å²) >= 11 is 4.65. The number of thiophene rings is 1. The first-order valence-electron chi connectivity index (χ1n) is 10.2. The Morgan fingerprint density at radius 1 is 1.29 bits per heavy atom. The average Bonchev–Trinajstić information content (AvgIpc) is 3.48. The Bertz CT molecular complexity index is 1200. The maximum atomic E-state index is 12.6. The largest absolute Gasteiger partial charge is 0.410 e. The number of thiazole rings is 1. The molecule has 0 aliphatic heterocycles. The molecular formula is C22H22N4O2S3. The quantitative estimate of drug-likeness (QED) is 0.357. The van der Waals surface area contributed by atoms with Crippen molar-refractivity contribution in [2.45, 2.75) is 38.0 Å². The van der Waals surface area contributed by atoms with Gasteiger partial charge in [-0.15, -0.1) is 32.9 Å². The summed E-state index contributed by atoms with van der Waals surface area (Å²) in [5.74, 6) is 1.53. The normalized spacial score (nSPS) is 15.9. The highest BCUT2D eigenvalue weighted by Crippen LogP contribution is 2.37. The molecule has 160 valence electrons. The number of aryl methyl sites for hydroxylation is 1. The summed E-state index contributed by atoms with van der Waals surface area (Å²) in [5, 5.41) is 9.69. The van der Waals surface area contributed by atoms with E-state index >= 15 is 0 Å². The minimum absolute atomic E-state index is 0.00424. The molecule has 1 aliphatic rings. The molecule has 1 atom stereocenters. The van der Waals surface area contributed by atoms with Gasteiger partial charge in [-0.3, -0.25) is 4.79 Å². The molecule has 1 amide bonds. The van der Waals surface area contributed by atoms with Crippen molar-refractivity contribution in [2.75, 3.05) is 12.8 Å². The van der Waals surface area contributed by atoms with Gasteiger partial charge in [-0.2, -0.15) is 0 Å². The number of aromatic nitrogens is 3. The van der Waals surface area contributed by atoms with Crippen LogP contribution >= 0.6 is 34.4 Å². The van der Waals surface area contributed by atoms with Crippen molar-refractivity contribution >= 4 is 50.6 Å². The second-order valence-electron chi connectivity index (χ2n) is 7.89. The smallest absolute Gasteiger partial charge is 0.277 e. The number of nitrogens with zero attached hydrogens (tertiary/aromatic N) is 4. The number of rotatable bonds is 6. The van der Waals surface area contributed by atoms with Crippen LogP contribution in [0.4, 0.5) is 0 Å². The van der Waals surface area contributed by atoms with Crippen molar-refractivity contribution in [2.24, 2.45) is 5.92 Å². The topological polar surface area (TPSA) is 72.1 Å². The Morgan fingerprint density at radius 2 is 2.16 bits per heavy atom. The Labute approximate surface area is 192 Å². The molecule has 0 unspecified atom stereocenters. The van der Waals surface area contributed by atoms with Crippen LogP contribution in [0.3, 0.4) is 0 Å². The van der Waals surface area contributed by atoms with Gasteiger partial charge in [-0.05, 0) is 48.9 Å². The van der Waals surface area contributed by atoms with Crippen molar-refractivity contribution in [3.63, 3.8) is 0 Å². The second-order valence-corrected chi connectivity index (χ2v) is 11.1. The molecule has 0 N–H and O–H groups in total. The first-order chi connectivity index (χ1) is 15.0. The Hall–Kier alpha value is -2.23. The van der Waals surface area contributed by atoms with Gasteiger partial charge in [0, 0.05) is 11.9 Å². The zero-order valence-electron chi connectivity index (χ0n) is 17.3. The van der Waals surface area contributed by atoms with E-state index in [1.165, 1.54) is 28.6 Å². The fourth-order valence-corrected chi connectivity index (χ4v) is 6.55. The van der Waals surface area contributed by atoms with E-state index in [-0.39, 0.29) is 11.7 Å². The third-order valence-electron chi connectivity index (χ3n) is 5.40. The number of hydrogen-bond donors (Lipinski definition) is 0. The molecule has 4 aromatic rings. The van der Waals surface area contributed by atoms with E-state index in [1.54, 1.807) is 34.6 Å². The van der Waals surface area contributed by atoms with Crippen molar-refractivity contribution in [1.82, 2.24) is 20.1 Å². The van der Waals surface area contributed by atoms with Gasteiger partial charge in [0.2, 0.25) is 5.91 Å². The van der Waals surface area contributed by atoms with E-state index in [4.69, 9.17) is 4.42 Å². The van der Waals surface area contributed by atoms with E-state index in [0.717, 1.165) is 38.9 Å². The fourth-order valence-electron chi connectivity index (χ4n) is 3.69. The zero-order chi connectivity index (χ0) is 21.4. The van der Waals surface area contributed by atoms with Crippen LogP contribution < -0.4 is 0 Å². The molecule has 0 radical (unpaired) electrons. The molecule has 0 spiro atoms. The number of carbonyl (C=O) groups is 1. The van der Waals surface area contributed by atoms with E-state index in [2.05, 4.69) is 28.2 Å². The summed E-state index contributed by atoms with van der Waals surface area (Å²) in [6, 6.07) is 10.2. The van der Waals surface area contributed by atoms with Gasteiger partial charge in [0.15, 0.2) is 0 Å². The molecule has 1 aliphatic carbocycles. The second kappa shape index (κ2) is 8.72. The minimum Gasteiger partial charge on any atom is -0.410 e. The Balaban J connectivity index is 1.18. The van der Waals surface area contributed by atoms with Gasteiger partial charge in [-0.1, -0.05) is 30.8 Å². The van der Waals surface area contributed by atoms with Gasteiger partial charge >= 0.3 is 0 Å². The fraction of sp³-hybridized carbons (Fsp3) is 0.364. The van der Waals surface area contributed by atoms with Gasteiger partial charge < -0.3 is 9.32 Å². The van der Waals surface area contributed by atoms with E-state index in [0.29, 0.717) is 17.7 Å². The highest BCUT2D eigenvalue weighted by atomic mass is 32.2. The van der Waals surface area contributed by atoms with Crippen LogP contribution in [-0.2, 0) is 24.2 Å². The molecule has 0 saturated carbocycles. The van der Waals surface area contributed by atoms with Crippen LogP contribution in [-0.4, -0.2) is 38.8 Å². The van der Waals surface area contributed by atoms with Crippen LogP contribution in [0.1, 0.15) is 28.8 Å². The number of amides is 1. The maximum Gasteiger partial charge on any atom is 0.277 e. The van der Waals surface area contributed by atoms with Gasteiger partial charge in [0.25, 0.3) is 11.1 Å². The number of fused-ring (bicyclic) bond motifs is 2. The van der Waals surface area contributed by atoms with E-state index in [1.807, 2.05) is 24.3 Å². The van der Waals surface area contributed by atoms with Gasteiger partial charge in [0.05, 0.1) is 27.4 Å². The average molecular weight is 471 g/mol. The summed E-state index contributed by atoms with van der Waals surface area (Å²) in [4.78, 5) is 21.3. The summed E-state index contributed by atoms with van der Waals surface area (Å²) in [5.41, 5.74) is 2.39. The monoisotopic (exact) mass is 470 g/mol. The Kier molecular flexibility index (Phi) is 5.81. The highest BCUT2D eigenvalue weighted by molar-refractivity contribution is 7.99. The molecule has 3 heterocycles. The molecule has 3 aromatic heterocycles. The van der Waals surface area contributed by atoms with Crippen LogP contribution in [0.5, 0.6) is 0 Å². The number of carbonyl (C=O) groups excluding carboxylic acids is 1. The molecule has 9 heteroatoms. The van der Waals surface area contributed by atoms with E-state index < -0.39 is 0 Å². The highest BCUT2D eigenvalue weighted by Gasteiger charge is 2.21. The summed E-state index contributed by atoms with van der Waals surface area (Å²) in [6.45, 7) is 2.79. The Morgan fingerprint density at radius 3 is 3.03 bits per heavy atom. The van der Waals surface area contributed by atoms with Gasteiger partial charge in [0.1, 0.15) is 5.01 Å². The molecule has 5 rings (SSSR count). The lowest BCUT2D eigenvalue weighted by atomic mass is 9.90. The number of benzene rings is 1. The van der Waals surface area contributed by atoms with Crippen LogP contribution in [0.15, 0.2) is 40.0 Å². The molecule has 0 fully saturated rings. The lowest BCUT2D eigenvalue weighted by Gasteiger charge is -2.16. The van der Waals surface area contributed by atoms with E-state index in [9.17, 15) is 4.79 Å². The summed E-state index contributed by atoms with van der Waals surface area (Å²) < 4.78 is 6.97. The third-order valence-corrected chi connectivity index (χ3v) is 8.45. The van der Waals surface area contributed by atoms with Crippen molar-refractivity contribution in [1.29, 1.82) is 0 Å². The number of thioether (sulfide) groups is 1. The molecular weight excluding hydrogens is 448 g/mol. The SMILES string of the molecule is C[C@@H]1CCc2sc(-c3nnc(SCC(=O)N(C)Cc4nc5ccccc5s4)o3)cc2C1. The van der Waals surface area contributed by atoms with Crippen molar-refractivity contribution in [3.05, 3.63) is 45.8 Å². The molecule has 31 heavy (non-hydrogen) atoms. The molecule has 1 aromatic carbocycles. The predicted octanol–water partition coefficient (Wildman–Crippen LogP) is 5.28. The summed E-state index contributed by atoms with van der Waals surface area (Å²) in [7, 11) is 1.80. The summed E-state index contributed by atoms with van der Waals surface area (Å²) in [6.07, 6.45) is 3.49. The zero-order valence-corrected chi connectivity index (χ0v) is 19.8. The number of para-hydroxylation sites is 1. The van der Waals surface area contributed by atoms with Crippen LogP contribution in [0.25, 0.3) is 21.0 Å². The molecule has 0 saturated heterocycles. The van der Waals surface area contributed by atoms with Crippen LogP contribution in [0.2, 0.25) is 0 Å². The first kappa shape index (κ1) is 20.7.